The summed E-state index contributed by atoms with van der Waals surface area (Å²) in [5.74, 6) is -0.941. The molecule has 0 saturated heterocycles. The van der Waals surface area contributed by atoms with E-state index in [0.29, 0.717) is 22.0 Å². The maximum atomic E-state index is 12.5. The molecule has 0 aliphatic rings. The van der Waals surface area contributed by atoms with Gasteiger partial charge in [-0.2, -0.15) is 0 Å². The van der Waals surface area contributed by atoms with Crippen molar-refractivity contribution in [2.45, 2.75) is 30.7 Å². The summed E-state index contributed by atoms with van der Waals surface area (Å²) in [6.07, 6.45) is 3.66. The first kappa shape index (κ1) is 25.8. The highest BCUT2D eigenvalue weighted by Crippen LogP contribution is 2.24. The highest BCUT2D eigenvalue weighted by atomic mass is 35.5. The van der Waals surface area contributed by atoms with E-state index < -0.39 is 29.1 Å². The van der Waals surface area contributed by atoms with Crippen LogP contribution in [0.1, 0.15) is 29.3 Å². The number of aliphatic carboxylic acids is 1. The van der Waals surface area contributed by atoms with Crippen molar-refractivity contribution in [1.29, 1.82) is 0 Å². The summed E-state index contributed by atoms with van der Waals surface area (Å²) in [5.41, 5.74) is 1.97. The van der Waals surface area contributed by atoms with Gasteiger partial charge in [0.05, 0.1) is 15.6 Å². The van der Waals surface area contributed by atoms with Gasteiger partial charge in [-0.3, -0.25) is 9.78 Å². The number of carbonyl (C=O) groups is 2. The number of nitrogens with one attached hydrogen (secondary N) is 2. The molecule has 1 heterocycles. The van der Waals surface area contributed by atoms with Crippen molar-refractivity contribution in [3.8, 4) is 0 Å². The Bertz CT molecular complexity index is 1140. The number of hydrogen-bond acceptors (Lipinski definition) is 5. The summed E-state index contributed by atoms with van der Waals surface area (Å²) in [7, 11) is 0. The quantitative estimate of drug-likeness (QED) is 0.314. The number of carbonyl (C=O) groups excluding carboxylic acids is 1. The number of nitrogens with zero attached hydrogens (tertiary/aromatic N) is 1. The van der Waals surface area contributed by atoms with Crippen LogP contribution in [0.2, 0.25) is 10.0 Å². The van der Waals surface area contributed by atoms with E-state index in [9.17, 15) is 19.2 Å². The Hall–Kier alpha value is -2.78. The molecule has 0 fully saturated rings. The average molecular weight is 520 g/mol. The zero-order valence-electron chi connectivity index (χ0n) is 18.3. The third-order valence-electron chi connectivity index (χ3n) is 4.86. The third-order valence-corrected chi connectivity index (χ3v) is 6.99. The lowest BCUT2D eigenvalue weighted by molar-refractivity contribution is -0.137. The second-order valence-electron chi connectivity index (χ2n) is 7.45. The predicted octanol–water partition coefficient (Wildman–Crippen LogP) is 5.27. The number of amides is 1. The van der Waals surface area contributed by atoms with Crippen LogP contribution in [0.25, 0.3) is 0 Å². The summed E-state index contributed by atoms with van der Waals surface area (Å²) < 4.78 is 12.3. The first-order valence-electron chi connectivity index (χ1n) is 10.5. The van der Waals surface area contributed by atoms with Gasteiger partial charge >= 0.3 is 5.97 Å². The van der Waals surface area contributed by atoms with Crippen LogP contribution in [0.15, 0.2) is 65.8 Å². The topological polar surface area (TPSA) is 114 Å². The van der Waals surface area contributed by atoms with Crippen LogP contribution in [-0.4, -0.2) is 38.3 Å². The molecule has 0 radical (unpaired) electrons. The number of anilines is 2. The predicted molar refractivity (Wildman–Crippen MR) is 135 cm³/mol. The van der Waals surface area contributed by atoms with Gasteiger partial charge in [0.15, 0.2) is 4.90 Å². The molecule has 0 aliphatic heterocycles. The Morgan fingerprint density at radius 1 is 1.09 bits per heavy atom. The lowest BCUT2D eigenvalue weighted by atomic mass is 10.0. The minimum atomic E-state index is -1.12. The Morgan fingerprint density at radius 2 is 1.76 bits per heavy atom. The average Bonchev–Trinajstić information content (AvgIpc) is 2.80. The van der Waals surface area contributed by atoms with Crippen LogP contribution < -0.4 is 10.6 Å². The molecular weight excluding hydrogens is 497 g/mol. The summed E-state index contributed by atoms with van der Waals surface area (Å²) in [6.45, 7) is 1.96. The van der Waals surface area contributed by atoms with E-state index in [1.165, 1.54) is 12.4 Å². The fourth-order valence-electron chi connectivity index (χ4n) is 3.21. The summed E-state index contributed by atoms with van der Waals surface area (Å²) in [4.78, 5) is 28.8. The first-order valence-corrected chi connectivity index (χ1v) is 12.5. The molecule has 0 aliphatic carbocycles. The molecule has 3 rings (SSSR count). The highest BCUT2D eigenvalue weighted by molar-refractivity contribution is 7.91. The number of rotatable bonds is 10. The smallest absolute Gasteiger partial charge is 0.326 e. The molecule has 2 unspecified atom stereocenters. The fourth-order valence-corrected chi connectivity index (χ4v) is 4.85. The van der Waals surface area contributed by atoms with Gasteiger partial charge < -0.3 is 20.3 Å². The minimum absolute atomic E-state index is 0.125. The van der Waals surface area contributed by atoms with Gasteiger partial charge in [-0.05, 0) is 47.4 Å². The van der Waals surface area contributed by atoms with E-state index in [-0.39, 0.29) is 22.0 Å². The van der Waals surface area contributed by atoms with Crippen molar-refractivity contribution in [3.05, 3.63) is 82.1 Å². The molecule has 10 heteroatoms. The highest BCUT2D eigenvalue weighted by Gasteiger charge is 2.20. The number of carboxylic acid groups (broad SMARTS) is 1. The van der Waals surface area contributed by atoms with Crippen LogP contribution in [0.4, 0.5) is 11.4 Å². The van der Waals surface area contributed by atoms with E-state index >= 15 is 0 Å². The molecule has 7 nitrogen and oxygen atoms in total. The lowest BCUT2D eigenvalue weighted by Gasteiger charge is -2.17. The molecule has 2 aromatic carbocycles. The van der Waals surface area contributed by atoms with Crippen LogP contribution in [-0.2, 0) is 22.4 Å². The molecular formula is C24H23Cl2N3O4S. The SMILES string of the molecule is CCC[S+]([O-])c1cccc(NC(Cc2ccc(NC(=O)c3c(Cl)cncc3Cl)cc2)C(=O)O)c1. The molecule has 1 aromatic heterocycles. The van der Waals surface area contributed by atoms with Gasteiger partial charge in [-0.1, -0.05) is 48.3 Å². The van der Waals surface area contributed by atoms with E-state index in [1.54, 1.807) is 48.5 Å². The van der Waals surface area contributed by atoms with Gasteiger partial charge in [0.1, 0.15) is 11.8 Å². The molecule has 0 spiro atoms. The van der Waals surface area contributed by atoms with Gasteiger partial charge in [0, 0.05) is 36.3 Å². The fraction of sp³-hybridized carbons (Fsp3) is 0.208. The van der Waals surface area contributed by atoms with E-state index in [2.05, 4.69) is 15.6 Å². The Balaban J connectivity index is 1.67. The van der Waals surface area contributed by atoms with E-state index in [1.807, 2.05) is 6.92 Å². The molecule has 178 valence electrons. The van der Waals surface area contributed by atoms with Crippen molar-refractivity contribution in [2.24, 2.45) is 0 Å². The van der Waals surface area contributed by atoms with Crippen LogP contribution in [0, 0.1) is 0 Å². The molecule has 1 amide bonds. The van der Waals surface area contributed by atoms with Crippen molar-refractivity contribution in [3.63, 3.8) is 0 Å². The van der Waals surface area contributed by atoms with Gasteiger partial charge in [-0.15, -0.1) is 0 Å². The van der Waals surface area contributed by atoms with Gasteiger partial charge in [-0.25, -0.2) is 4.79 Å². The molecule has 2 atom stereocenters. The number of halogens is 2. The summed E-state index contributed by atoms with van der Waals surface area (Å²) in [6, 6.07) is 12.9. The molecule has 3 N–H and O–H groups in total. The van der Waals surface area contributed by atoms with Gasteiger partial charge in [0.25, 0.3) is 5.91 Å². The largest absolute Gasteiger partial charge is 0.611 e. The third kappa shape index (κ3) is 6.87. The second kappa shape index (κ2) is 12.1. The van der Waals surface area contributed by atoms with Gasteiger partial charge in [0.2, 0.25) is 0 Å². The normalized spacial score (nSPS) is 12.6. The number of aromatic nitrogens is 1. The molecule has 34 heavy (non-hydrogen) atoms. The zero-order chi connectivity index (χ0) is 24.7. The first-order chi connectivity index (χ1) is 16.3. The van der Waals surface area contributed by atoms with Crippen LogP contribution in [0.5, 0.6) is 0 Å². The van der Waals surface area contributed by atoms with Crippen molar-refractivity contribution in [2.75, 3.05) is 16.4 Å². The Morgan fingerprint density at radius 3 is 2.38 bits per heavy atom. The van der Waals surface area contributed by atoms with Crippen LogP contribution in [0.3, 0.4) is 0 Å². The number of pyridine rings is 1. The maximum Gasteiger partial charge on any atom is 0.326 e. The summed E-state index contributed by atoms with van der Waals surface area (Å²) >= 11 is 10.9. The van der Waals surface area contributed by atoms with E-state index in [4.69, 9.17) is 23.2 Å². The summed E-state index contributed by atoms with van der Waals surface area (Å²) in [5, 5.41) is 15.7. The standard InChI is InChI=1S/C24H23Cl2N3O4S/c1-2-10-34(33)18-5-3-4-17(12-18)28-21(24(31)32)11-15-6-8-16(9-7-15)29-23(30)22-19(25)13-27-14-20(22)26/h3-9,12-14,21,28H,2,10-11H2,1H3,(H,29,30)(H,31,32). The van der Waals surface area contributed by atoms with E-state index in [0.717, 1.165) is 12.0 Å². The Labute approximate surface area is 210 Å². The molecule has 3 aromatic rings. The monoisotopic (exact) mass is 519 g/mol. The number of carboxylic acids is 1. The number of hydrogen-bond donors (Lipinski definition) is 3. The van der Waals surface area contributed by atoms with Crippen LogP contribution >= 0.6 is 23.2 Å². The lowest BCUT2D eigenvalue weighted by Crippen LogP contribution is -2.31. The van der Waals surface area contributed by atoms with Crippen molar-refractivity contribution >= 4 is 57.6 Å². The van der Waals surface area contributed by atoms with Crippen molar-refractivity contribution < 1.29 is 19.2 Å². The minimum Gasteiger partial charge on any atom is -0.611 e. The zero-order valence-corrected chi connectivity index (χ0v) is 20.6. The Kier molecular flexibility index (Phi) is 9.18. The molecule has 0 bridgehead atoms. The second-order valence-corrected chi connectivity index (χ2v) is 9.83. The maximum absolute atomic E-state index is 12.5. The van der Waals surface area contributed by atoms with Crippen molar-refractivity contribution in [1.82, 2.24) is 4.98 Å². The molecule has 0 saturated carbocycles. The number of benzene rings is 2.